The minimum absolute atomic E-state index is 0.230. The molecule has 0 saturated heterocycles. The second-order valence-corrected chi connectivity index (χ2v) is 7.80. The fourth-order valence-corrected chi connectivity index (χ4v) is 3.86. The highest BCUT2D eigenvalue weighted by Gasteiger charge is 2.21. The van der Waals surface area contributed by atoms with E-state index in [4.69, 9.17) is 23.2 Å². The van der Waals surface area contributed by atoms with E-state index in [0.717, 1.165) is 17.7 Å². The average molecular weight is 357 g/mol. The minimum atomic E-state index is -3.66. The van der Waals surface area contributed by atoms with Gasteiger partial charge >= 0.3 is 0 Å². The topological polar surface area (TPSA) is 58.2 Å². The van der Waals surface area contributed by atoms with Crippen LogP contribution in [0.15, 0.2) is 41.3 Å². The molecule has 1 aliphatic heterocycles. The second kappa shape index (κ2) is 5.65. The van der Waals surface area contributed by atoms with Gasteiger partial charge in [-0.1, -0.05) is 23.2 Å². The fraction of sp³-hybridized carbons (Fsp3) is 0.200. The molecule has 2 aromatic rings. The molecule has 1 atom stereocenters. The van der Waals surface area contributed by atoms with Gasteiger partial charge in [-0.25, -0.2) is 8.42 Å². The highest BCUT2D eigenvalue weighted by atomic mass is 35.5. The Morgan fingerprint density at radius 3 is 2.64 bits per heavy atom. The fourth-order valence-electron chi connectivity index (χ4n) is 2.47. The number of hydrogen-bond acceptors (Lipinski definition) is 3. The summed E-state index contributed by atoms with van der Waals surface area (Å²) in [5.74, 6) is 0. The van der Waals surface area contributed by atoms with Crippen molar-refractivity contribution in [2.45, 2.75) is 24.3 Å². The maximum absolute atomic E-state index is 12.5. The summed E-state index contributed by atoms with van der Waals surface area (Å²) in [4.78, 5) is 0.230. The standard InChI is InChI=1S/C15H14Cl2N2O2S/c1-9-6-10-7-12(3-5-15(10)18-9)22(20,21)19-11-2-4-13(16)14(17)8-11/h2-5,7-9,18-19H,6H2,1H3/t9-/m1/s1. The van der Waals surface area contributed by atoms with Crippen LogP contribution in [0.4, 0.5) is 11.4 Å². The zero-order chi connectivity index (χ0) is 15.9. The molecule has 0 unspecified atom stereocenters. The molecule has 0 amide bonds. The number of anilines is 2. The minimum Gasteiger partial charge on any atom is -0.382 e. The van der Waals surface area contributed by atoms with Gasteiger partial charge in [0.25, 0.3) is 10.0 Å². The Morgan fingerprint density at radius 1 is 1.14 bits per heavy atom. The van der Waals surface area contributed by atoms with Gasteiger partial charge in [-0.2, -0.15) is 0 Å². The number of benzene rings is 2. The number of rotatable bonds is 3. The van der Waals surface area contributed by atoms with Gasteiger partial charge in [-0.05, 0) is 55.3 Å². The molecule has 3 rings (SSSR count). The molecule has 0 spiro atoms. The molecule has 1 heterocycles. The molecule has 0 bridgehead atoms. The van der Waals surface area contributed by atoms with Gasteiger partial charge in [0.05, 0.1) is 20.6 Å². The number of hydrogen-bond donors (Lipinski definition) is 2. The van der Waals surface area contributed by atoms with Crippen LogP contribution in [0.3, 0.4) is 0 Å². The molecule has 0 fully saturated rings. The van der Waals surface area contributed by atoms with Gasteiger partial charge in [0.15, 0.2) is 0 Å². The molecule has 4 nitrogen and oxygen atoms in total. The van der Waals surface area contributed by atoms with Crippen molar-refractivity contribution >= 4 is 44.6 Å². The van der Waals surface area contributed by atoms with Crippen LogP contribution in [0.2, 0.25) is 10.0 Å². The summed E-state index contributed by atoms with van der Waals surface area (Å²) in [6.45, 7) is 2.06. The van der Waals surface area contributed by atoms with Crippen LogP contribution in [-0.4, -0.2) is 14.5 Å². The largest absolute Gasteiger partial charge is 0.382 e. The lowest BCUT2D eigenvalue weighted by Crippen LogP contribution is -2.13. The van der Waals surface area contributed by atoms with E-state index < -0.39 is 10.0 Å². The van der Waals surface area contributed by atoms with Gasteiger partial charge in [-0.15, -0.1) is 0 Å². The zero-order valence-electron chi connectivity index (χ0n) is 11.7. The van der Waals surface area contributed by atoms with E-state index in [9.17, 15) is 8.42 Å². The van der Waals surface area contributed by atoms with E-state index >= 15 is 0 Å². The first kappa shape index (κ1) is 15.5. The molecule has 2 N–H and O–H groups in total. The third-order valence-corrected chi connectivity index (χ3v) is 5.60. The smallest absolute Gasteiger partial charge is 0.261 e. The molecule has 0 aromatic heterocycles. The molecule has 0 saturated carbocycles. The van der Waals surface area contributed by atoms with Crippen LogP contribution in [0.5, 0.6) is 0 Å². The summed E-state index contributed by atoms with van der Waals surface area (Å²) in [5, 5.41) is 3.97. The summed E-state index contributed by atoms with van der Waals surface area (Å²) >= 11 is 11.7. The maximum Gasteiger partial charge on any atom is 0.261 e. The molecule has 0 radical (unpaired) electrons. The first-order valence-electron chi connectivity index (χ1n) is 6.72. The van der Waals surface area contributed by atoms with Crippen LogP contribution in [-0.2, 0) is 16.4 Å². The number of halogens is 2. The van der Waals surface area contributed by atoms with Gasteiger partial charge in [0.1, 0.15) is 0 Å². The Hall–Kier alpha value is -1.43. The predicted molar refractivity (Wildman–Crippen MR) is 90.5 cm³/mol. The van der Waals surface area contributed by atoms with Gasteiger partial charge in [0.2, 0.25) is 0 Å². The Labute approximate surface area is 139 Å². The van der Waals surface area contributed by atoms with Crippen molar-refractivity contribution in [3.63, 3.8) is 0 Å². The summed E-state index contributed by atoms with van der Waals surface area (Å²) in [7, 11) is -3.66. The van der Waals surface area contributed by atoms with E-state index in [1.165, 1.54) is 6.07 Å². The number of fused-ring (bicyclic) bond motifs is 1. The molecule has 22 heavy (non-hydrogen) atoms. The summed E-state index contributed by atoms with van der Waals surface area (Å²) in [6, 6.07) is 10.0. The van der Waals surface area contributed by atoms with Gasteiger partial charge in [-0.3, -0.25) is 4.72 Å². The van der Waals surface area contributed by atoms with Crippen molar-refractivity contribution < 1.29 is 8.42 Å². The zero-order valence-corrected chi connectivity index (χ0v) is 14.1. The van der Waals surface area contributed by atoms with Crippen molar-refractivity contribution in [3.05, 3.63) is 52.0 Å². The highest BCUT2D eigenvalue weighted by Crippen LogP contribution is 2.30. The van der Waals surface area contributed by atoms with E-state index in [2.05, 4.69) is 17.0 Å². The Kier molecular flexibility index (Phi) is 3.97. The van der Waals surface area contributed by atoms with Crippen LogP contribution in [0.1, 0.15) is 12.5 Å². The molecular formula is C15H14Cl2N2O2S. The SMILES string of the molecule is C[C@@H]1Cc2cc(S(=O)(=O)Nc3ccc(Cl)c(Cl)c3)ccc2N1. The number of sulfonamides is 1. The van der Waals surface area contributed by atoms with Gasteiger partial charge in [0, 0.05) is 11.7 Å². The summed E-state index contributed by atoms with van der Waals surface area (Å²) in [6.07, 6.45) is 0.811. The van der Waals surface area contributed by atoms with E-state index in [-0.39, 0.29) is 4.90 Å². The molecule has 116 valence electrons. The Balaban J connectivity index is 1.90. The first-order chi connectivity index (χ1) is 10.3. The van der Waals surface area contributed by atoms with E-state index in [0.29, 0.717) is 21.8 Å². The van der Waals surface area contributed by atoms with Crippen LogP contribution in [0, 0.1) is 0 Å². The van der Waals surface area contributed by atoms with Gasteiger partial charge < -0.3 is 5.32 Å². The molecule has 1 aliphatic rings. The van der Waals surface area contributed by atoms with Crippen LogP contribution >= 0.6 is 23.2 Å². The summed E-state index contributed by atoms with van der Waals surface area (Å²) < 4.78 is 27.5. The van der Waals surface area contributed by atoms with Crippen LogP contribution < -0.4 is 10.0 Å². The predicted octanol–water partition coefficient (Wildman–Crippen LogP) is 4.15. The molecule has 2 aromatic carbocycles. The van der Waals surface area contributed by atoms with Crippen molar-refractivity contribution in [3.8, 4) is 0 Å². The normalized spacial score (nSPS) is 17.0. The molecule has 7 heteroatoms. The van der Waals surface area contributed by atoms with Crippen molar-refractivity contribution in [1.29, 1.82) is 0 Å². The van der Waals surface area contributed by atoms with Crippen molar-refractivity contribution in [1.82, 2.24) is 0 Å². The quantitative estimate of drug-likeness (QED) is 0.868. The maximum atomic E-state index is 12.5. The highest BCUT2D eigenvalue weighted by molar-refractivity contribution is 7.92. The average Bonchev–Trinajstić information content (AvgIpc) is 2.81. The van der Waals surface area contributed by atoms with Crippen molar-refractivity contribution in [2.24, 2.45) is 0 Å². The third kappa shape index (κ3) is 3.02. The molecule has 0 aliphatic carbocycles. The lowest BCUT2D eigenvalue weighted by Gasteiger charge is -2.10. The van der Waals surface area contributed by atoms with Crippen molar-refractivity contribution in [2.75, 3.05) is 10.0 Å². The van der Waals surface area contributed by atoms with Crippen LogP contribution in [0.25, 0.3) is 0 Å². The lowest BCUT2D eigenvalue weighted by molar-refractivity contribution is 0.601. The second-order valence-electron chi connectivity index (χ2n) is 5.30. The Bertz CT molecular complexity index is 837. The van der Waals surface area contributed by atoms with E-state index in [1.54, 1.807) is 30.3 Å². The Morgan fingerprint density at radius 2 is 1.91 bits per heavy atom. The number of nitrogens with one attached hydrogen (secondary N) is 2. The summed E-state index contributed by atoms with van der Waals surface area (Å²) in [5.41, 5.74) is 2.37. The molecular weight excluding hydrogens is 343 g/mol. The monoisotopic (exact) mass is 356 g/mol. The third-order valence-electron chi connectivity index (χ3n) is 3.49. The lowest BCUT2D eigenvalue weighted by atomic mass is 10.1. The first-order valence-corrected chi connectivity index (χ1v) is 8.96. The van der Waals surface area contributed by atoms with E-state index in [1.807, 2.05) is 0 Å².